The van der Waals surface area contributed by atoms with Gasteiger partial charge in [-0.3, -0.25) is 18.7 Å². The number of aliphatic carboxylic acids is 1. The second kappa shape index (κ2) is 9.51. The van der Waals surface area contributed by atoms with Gasteiger partial charge in [0, 0.05) is 30.5 Å². The minimum Gasteiger partial charge on any atom is -0.480 e. The van der Waals surface area contributed by atoms with Gasteiger partial charge in [-0.2, -0.15) is 11.8 Å². The van der Waals surface area contributed by atoms with E-state index in [4.69, 9.17) is 15.6 Å². The lowest BCUT2D eigenvalue weighted by Gasteiger charge is -2.17. The Bertz CT molecular complexity index is 778. The average molecular weight is 403 g/mol. The zero-order valence-electron chi connectivity index (χ0n) is 15.0. The molecule has 1 aliphatic rings. The van der Waals surface area contributed by atoms with Crippen molar-refractivity contribution in [3.05, 3.63) is 32.6 Å². The molecule has 0 aromatic carbocycles. The summed E-state index contributed by atoms with van der Waals surface area (Å²) >= 11 is 1.34. The van der Waals surface area contributed by atoms with Crippen LogP contribution in [0.3, 0.4) is 0 Å². The van der Waals surface area contributed by atoms with E-state index < -0.39 is 41.7 Å². The number of ether oxygens (including phenoxy) is 1. The van der Waals surface area contributed by atoms with Crippen LogP contribution in [0.5, 0.6) is 0 Å². The maximum Gasteiger partial charge on any atom is 0.333 e. The van der Waals surface area contributed by atoms with Gasteiger partial charge in [0.1, 0.15) is 18.4 Å². The van der Waals surface area contributed by atoms with Gasteiger partial charge in [-0.25, -0.2) is 4.79 Å². The Labute approximate surface area is 159 Å². The van der Waals surface area contributed by atoms with Gasteiger partial charge in [0.25, 0.3) is 5.56 Å². The molecule has 0 radical (unpaired) electrons. The molecule has 11 heteroatoms. The smallest absolute Gasteiger partial charge is 0.333 e. The fourth-order valence-electron chi connectivity index (χ4n) is 2.82. The number of thioether (sulfide) groups is 1. The number of carbonyl (C=O) groups is 1. The van der Waals surface area contributed by atoms with Crippen LogP contribution >= 0.6 is 11.8 Å². The number of aliphatic hydroxyl groups excluding tert-OH is 2. The van der Waals surface area contributed by atoms with Crippen molar-refractivity contribution < 1.29 is 24.9 Å². The zero-order valence-corrected chi connectivity index (χ0v) is 15.8. The van der Waals surface area contributed by atoms with Crippen molar-refractivity contribution in [2.45, 2.75) is 50.8 Å². The maximum absolute atomic E-state index is 12.7. The molecular formula is C16H25N3O7S. The summed E-state index contributed by atoms with van der Waals surface area (Å²) in [6, 6.07) is -0.945. The number of rotatable bonds is 9. The molecule has 0 aliphatic carbocycles. The van der Waals surface area contributed by atoms with Crippen LogP contribution in [0.25, 0.3) is 0 Å². The van der Waals surface area contributed by atoms with E-state index in [9.17, 15) is 24.6 Å². The van der Waals surface area contributed by atoms with E-state index in [-0.39, 0.29) is 25.3 Å². The predicted molar refractivity (Wildman–Crippen MR) is 98.9 cm³/mol. The van der Waals surface area contributed by atoms with Crippen molar-refractivity contribution in [3.63, 3.8) is 0 Å². The highest BCUT2D eigenvalue weighted by atomic mass is 32.2. The molecule has 0 amide bonds. The van der Waals surface area contributed by atoms with Gasteiger partial charge in [0.2, 0.25) is 0 Å². The SMILES string of the molecule is Cc1cn([C@H]2C[C@H](O)[C@@H](CO)O2)c(=O)n(CCCSC[C@H](N)C(=O)O)c1=O. The van der Waals surface area contributed by atoms with Crippen LogP contribution in [0.2, 0.25) is 0 Å². The molecule has 152 valence electrons. The topological polar surface area (TPSA) is 157 Å². The molecule has 2 rings (SSSR count). The normalized spacial score (nSPS) is 23.5. The largest absolute Gasteiger partial charge is 0.480 e. The summed E-state index contributed by atoms with van der Waals surface area (Å²) in [6.07, 6.45) is -0.369. The molecule has 0 saturated carbocycles. The van der Waals surface area contributed by atoms with Gasteiger partial charge in [-0.1, -0.05) is 0 Å². The van der Waals surface area contributed by atoms with Gasteiger partial charge >= 0.3 is 11.7 Å². The van der Waals surface area contributed by atoms with Crippen molar-refractivity contribution >= 4 is 17.7 Å². The molecule has 27 heavy (non-hydrogen) atoms. The van der Waals surface area contributed by atoms with Crippen molar-refractivity contribution in [1.29, 1.82) is 0 Å². The van der Waals surface area contributed by atoms with Crippen LogP contribution in [-0.2, 0) is 16.1 Å². The minimum atomic E-state index is -1.07. The van der Waals surface area contributed by atoms with Crippen molar-refractivity contribution in [2.75, 3.05) is 18.1 Å². The fourth-order valence-corrected chi connectivity index (χ4v) is 3.71. The van der Waals surface area contributed by atoms with Gasteiger partial charge in [0.05, 0.1) is 12.7 Å². The predicted octanol–water partition coefficient (Wildman–Crippen LogP) is -1.51. The van der Waals surface area contributed by atoms with E-state index in [1.165, 1.54) is 22.5 Å². The van der Waals surface area contributed by atoms with E-state index in [1.807, 2.05) is 0 Å². The van der Waals surface area contributed by atoms with Crippen LogP contribution in [0.15, 0.2) is 15.8 Å². The summed E-state index contributed by atoms with van der Waals surface area (Å²) in [5.41, 5.74) is 4.83. The van der Waals surface area contributed by atoms with Gasteiger partial charge in [0.15, 0.2) is 0 Å². The number of aryl methyl sites for hydroxylation is 1. The Balaban J connectivity index is 2.07. The Kier molecular flexibility index (Phi) is 7.62. The molecule has 1 aliphatic heterocycles. The number of hydrogen-bond donors (Lipinski definition) is 4. The summed E-state index contributed by atoms with van der Waals surface area (Å²) < 4.78 is 7.88. The van der Waals surface area contributed by atoms with Gasteiger partial charge in [-0.15, -0.1) is 0 Å². The van der Waals surface area contributed by atoms with Crippen molar-refractivity contribution in [1.82, 2.24) is 9.13 Å². The molecule has 1 aromatic heterocycles. The molecule has 4 atom stereocenters. The zero-order chi connectivity index (χ0) is 20.1. The van der Waals surface area contributed by atoms with E-state index in [2.05, 4.69) is 0 Å². The number of carboxylic acids is 1. The van der Waals surface area contributed by atoms with Crippen molar-refractivity contribution in [3.8, 4) is 0 Å². The highest BCUT2D eigenvalue weighted by Crippen LogP contribution is 2.27. The molecule has 2 heterocycles. The number of carboxylic acid groups (broad SMARTS) is 1. The summed E-state index contributed by atoms with van der Waals surface area (Å²) in [5.74, 6) is -0.273. The summed E-state index contributed by atoms with van der Waals surface area (Å²) in [6.45, 7) is 1.40. The van der Waals surface area contributed by atoms with Crippen LogP contribution in [0.4, 0.5) is 0 Å². The first-order valence-electron chi connectivity index (χ1n) is 8.59. The molecule has 1 aromatic rings. The molecule has 0 unspecified atom stereocenters. The van der Waals surface area contributed by atoms with E-state index in [0.29, 0.717) is 17.7 Å². The second-order valence-corrected chi connectivity index (χ2v) is 7.60. The Morgan fingerprint density at radius 3 is 2.78 bits per heavy atom. The van der Waals surface area contributed by atoms with Gasteiger partial charge in [-0.05, 0) is 19.1 Å². The van der Waals surface area contributed by atoms with Crippen LogP contribution < -0.4 is 17.0 Å². The third kappa shape index (κ3) is 5.20. The number of aromatic nitrogens is 2. The molecular weight excluding hydrogens is 378 g/mol. The third-order valence-corrected chi connectivity index (χ3v) is 5.52. The van der Waals surface area contributed by atoms with E-state index in [0.717, 1.165) is 4.57 Å². The average Bonchev–Trinajstić information content (AvgIpc) is 3.00. The van der Waals surface area contributed by atoms with E-state index >= 15 is 0 Å². The molecule has 0 spiro atoms. The first kappa shape index (κ1) is 21.6. The Morgan fingerprint density at radius 1 is 1.48 bits per heavy atom. The molecule has 0 bridgehead atoms. The van der Waals surface area contributed by atoms with Crippen LogP contribution in [0.1, 0.15) is 24.6 Å². The monoisotopic (exact) mass is 403 g/mol. The third-order valence-electron chi connectivity index (χ3n) is 4.35. The second-order valence-electron chi connectivity index (χ2n) is 6.45. The quantitative estimate of drug-likeness (QED) is 0.360. The molecule has 1 fully saturated rings. The van der Waals surface area contributed by atoms with Crippen LogP contribution in [0, 0.1) is 6.92 Å². The summed E-state index contributed by atoms with van der Waals surface area (Å²) in [5, 5.41) is 27.8. The molecule has 10 nitrogen and oxygen atoms in total. The number of hydrogen-bond acceptors (Lipinski definition) is 8. The lowest BCUT2D eigenvalue weighted by Crippen LogP contribution is -2.42. The summed E-state index contributed by atoms with van der Waals surface area (Å²) in [7, 11) is 0. The van der Waals surface area contributed by atoms with Crippen molar-refractivity contribution in [2.24, 2.45) is 5.73 Å². The summed E-state index contributed by atoms with van der Waals surface area (Å²) in [4.78, 5) is 35.7. The molecule has 5 N–H and O–H groups in total. The number of nitrogens with two attached hydrogens (primary N) is 1. The van der Waals surface area contributed by atoms with Gasteiger partial charge < -0.3 is 25.8 Å². The highest BCUT2D eigenvalue weighted by molar-refractivity contribution is 7.99. The minimum absolute atomic E-state index is 0.145. The standard InChI is InChI=1S/C16H25N3O7S/c1-9-6-19(13-5-11(21)12(7-20)26-13)16(25)18(14(9)22)3-2-4-27-8-10(17)15(23)24/h6,10-13,20-21H,2-5,7-8,17H2,1H3,(H,23,24)/t10-,11-,12+,13+/m0/s1. The Hall–Kier alpha value is -1.66. The molecule has 1 saturated heterocycles. The first-order chi connectivity index (χ1) is 12.8. The number of nitrogens with zero attached hydrogens (tertiary/aromatic N) is 2. The maximum atomic E-state index is 12.7. The first-order valence-corrected chi connectivity index (χ1v) is 9.74. The lowest BCUT2D eigenvalue weighted by atomic mass is 10.2. The number of aliphatic hydroxyl groups is 2. The lowest BCUT2D eigenvalue weighted by molar-refractivity contribution is -0.137. The fraction of sp³-hybridized carbons (Fsp3) is 0.688. The van der Waals surface area contributed by atoms with Crippen LogP contribution in [-0.4, -0.2) is 66.8 Å². The Morgan fingerprint density at radius 2 is 2.19 bits per heavy atom. The van der Waals surface area contributed by atoms with E-state index in [1.54, 1.807) is 6.92 Å². The highest BCUT2D eigenvalue weighted by Gasteiger charge is 2.35.